The molecule has 0 aromatic carbocycles. The van der Waals surface area contributed by atoms with Crippen molar-refractivity contribution in [2.45, 2.75) is 53.1 Å². The van der Waals surface area contributed by atoms with Crippen molar-refractivity contribution in [3.8, 4) is 0 Å². The summed E-state index contributed by atoms with van der Waals surface area (Å²) in [6, 6.07) is 0. The van der Waals surface area contributed by atoms with Gasteiger partial charge in [0.2, 0.25) is 0 Å². The van der Waals surface area contributed by atoms with Gasteiger partial charge in [0.05, 0.1) is 11.7 Å². The molecule has 0 radical (unpaired) electrons. The number of aromatic amines is 1. The van der Waals surface area contributed by atoms with Gasteiger partial charge in [0, 0.05) is 25.2 Å². The lowest BCUT2D eigenvalue weighted by molar-refractivity contribution is -0.138. The molecule has 138 valence electrons. The first kappa shape index (κ1) is 19.0. The first-order valence-corrected chi connectivity index (χ1v) is 8.61. The number of aliphatic carboxylic acids is 1. The monoisotopic (exact) mass is 350 g/mol. The lowest BCUT2D eigenvalue weighted by Crippen LogP contribution is -2.39. The van der Waals surface area contributed by atoms with E-state index in [0.29, 0.717) is 48.4 Å². The second-order valence-corrected chi connectivity index (χ2v) is 6.91. The number of H-pyrrole nitrogens is 1. The molecule has 0 unspecified atom stereocenters. The quantitative estimate of drug-likeness (QED) is 0.795. The molecule has 0 bridgehead atoms. The number of hydrogen-bond donors (Lipinski definition) is 2. The Bertz CT molecular complexity index is 669. The van der Waals surface area contributed by atoms with E-state index in [2.05, 4.69) is 4.98 Å². The molecule has 25 heavy (non-hydrogen) atoms. The summed E-state index contributed by atoms with van der Waals surface area (Å²) in [5.41, 5.74) is 2.04. The van der Waals surface area contributed by atoms with Crippen molar-refractivity contribution in [3.63, 3.8) is 0 Å². The number of rotatable bonds is 5. The molecule has 0 aliphatic carbocycles. The van der Waals surface area contributed by atoms with Crippen LogP contribution in [-0.4, -0.2) is 52.0 Å². The zero-order valence-electron chi connectivity index (χ0n) is 15.2. The number of ether oxygens (including phenoxy) is 1. The van der Waals surface area contributed by atoms with Crippen molar-refractivity contribution >= 4 is 17.8 Å². The number of carboxylic acid groups (broad SMARTS) is 1. The Morgan fingerprint density at radius 3 is 2.36 bits per heavy atom. The second kappa shape index (κ2) is 7.72. The Labute approximate surface area is 147 Å². The van der Waals surface area contributed by atoms with Crippen LogP contribution in [0.3, 0.4) is 0 Å². The molecule has 0 spiro atoms. The zero-order valence-corrected chi connectivity index (χ0v) is 15.2. The zero-order chi connectivity index (χ0) is 18.7. The van der Waals surface area contributed by atoms with Gasteiger partial charge in [-0.3, -0.25) is 9.59 Å². The van der Waals surface area contributed by atoms with E-state index in [1.807, 2.05) is 0 Å². The number of nitrogens with zero attached hydrogens (tertiary/aromatic N) is 1. The van der Waals surface area contributed by atoms with Gasteiger partial charge in [-0.15, -0.1) is 0 Å². The van der Waals surface area contributed by atoms with Crippen LogP contribution in [0.2, 0.25) is 0 Å². The van der Waals surface area contributed by atoms with Gasteiger partial charge in [0.15, 0.2) is 0 Å². The summed E-state index contributed by atoms with van der Waals surface area (Å²) in [6.07, 6.45) is 1.28. The van der Waals surface area contributed by atoms with Crippen molar-refractivity contribution in [1.82, 2.24) is 9.88 Å². The number of amides is 1. The Hall–Kier alpha value is -2.31. The normalized spacial score (nSPS) is 15.5. The number of aryl methyl sites for hydroxylation is 1. The van der Waals surface area contributed by atoms with Gasteiger partial charge in [-0.1, -0.05) is 0 Å². The minimum atomic E-state index is -0.797. The highest BCUT2D eigenvalue weighted by molar-refractivity contribution is 6.00. The van der Waals surface area contributed by atoms with Crippen LogP contribution in [0.1, 0.15) is 65.2 Å². The van der Waals surface area contributed by atoms with Crippen molar-refractivity contribution in [1.29, 1.82) is 0 Å². The van der Waals surface area contributed by atoms with Crippen LogP contribution in [0.4, 0.5) is 0 Å². The third kappa shape index (κ3) is 4.41. The summed E-state index contributed by atoms with van der Waals surface area (Å²) in [5.74, 6) is -1.27. The summed E-state index contributed by atoms with van der Waals surface area (Å²) >= 11 is 0. The van der Waals surface area contributed by atoms with Crippen molar-refractivity contribution in [3.05, 3.63) is 22.5 Å². The molecule has 1 aliphatic heterocycles. The van der Waals surface area contributed by atoms with Crippen LogP contribution >= 0.6 is 0 Å². The average molecular weight is 350 g/mol. The molecule has 7 heteroatoms. The summed E-state index contributed by atoms with van der Waals surface area (Å²) < 4.78 is 5.25. The number of hydrogen-bond acceptors (Lipinski definition) is 4. The SMILES string of the molecule is Cc1[nH]c(C(=O)N2CCC(CC(=O)O)CC2)c(C)c1C(=O)OC(C)C. The molecule has 1 aromatic rings. The standard InChI is InChI=1S/C18H26N2O5/c1-10(2)25-18(24)15-11(3)16(19-12(15)4)17(23)20-7-5-13(6-8-20)9-14(21)22/h10,13,19H,5-9H2,1-4H3,(H,21,22). The van der Waals surface area contributed by atoms with Crippen LogP contribution in [-0.2, 0) is 9.53 Å². The highest BCUT2D eigenvalue weighted by atomic mass is 16.5. The fraction of sp³-hybridized carbons (Fsp3) is 0.611. The molecular weight excluding hydrogens is 324 g/mol. The number of carboxylic acids is 1. The molecule has 1 fully saturated rings. The van der Waals surface area contributed by atoms with E-state index in [1.165, 1.54) is 0 Å². The maximum atomic E-state index is 12.8. The van der Waals surface area contributed by atoms with Gasteiger partial charge in [-0.2, -0.15) is 0 Å². The van der Waals surface area contributed by atoms with Gasteiger partial charge in [-0.25, -0.2) is 4.79 Å². The number of carbonyl (C=O) groups excluding carboxylic acids is 2. The van der Waals surface area contributed by atoms with Crippen LogP contribution in [0.5, 0.6) is 0 Å². The molecule has 0 atom stereocenters. The second-order valence-electron chi connectivity index (χ2n) is 6.91. The van der Waals surface area contributed by atoms with E-state index in [9.17, 15) is 14.4 Å². The van der Waals surface area contributed by atoms with Gasteiger partial charge in [-0.05, 0) is 52.0 Å². The molecule has 0 saturated carbocycles. The average Bonchev–Trinajstić information content (AvgIpc) is 2.81. The van der Waals surface area contributed by atoms with Gasteiger partial charge >= 0.3 is 11.9 Å². The van der Waals surface area contributed by atoms with E-state index in [4.69, 9.17) is 9.84 Å². The van der Waals surface area contributed by atoms with E-state index in [1.54, 1.807) is 32.6 Å². The first-order valence-electron chi connectivity index (χ1n) is 8.61. The molecule has 1 amide bonds. The molecule has 1 saturated heterocycles. The van der Waals surface area contributed by atoms with Gasteiger partial charge < -0.3 is 19.7 Å². The molecule has 7 nitrogen and oxygen atoms in total. The number of carbonyl (C=O) groups is 3. The minimum Gasteiger partial charge on any atom is -0.481 e. The lowest BCUT2D eigenvalue weighted by Gasteiger charge is -2.31. The minimum absolute atomic E-state index is 0.115. The smallest absolute Gasteiger partial charge is 0.340 e. The Morgan fingerprint density at radius 1 is 1.24 bits per heavy atom. The maximum Gasteiger partial charge on any atom is 0.340 e. The van der Waals surface area contributed by atoms with Crippen LogP contribution in [0.15, 0.2) is 0 Å². The van der Waals surface area contributed by atoms with Crippen LogP contribution in [0, 0.1) is 19.8 Å². The number of nitrogens with one attached hydrogen (secondary N) is 1. The number of likely N-dealkylation sites (tertiary alicyclic amines) is 1. The summed E-state index contributed by atoms with van der Waals surface area (Å²) in [6.45, 7) is 8.11. The van der Waals surface area contributed by atoms with Gasteiger partial charge in [0.25, 0.3) is 5.91 Å². The molecule has 1 aromatic heterocycles. The highest BCUT2D eigenvalue weighted by Gasteiger charge is 2.29. The predicted molar refractivity (Wildman–Crippen MR) is 91.7 cm³/mol. The fourth-order valence-corrected chi connectivity index (χ4v) is 3.29. The lowest BCUT2D eigenvalue weighted by atomic mass is 9.93. The number of aromatic nitrogens is 1. The van der Waals surface area contributed by atoms with Crippen molar-refractivity contribution < 1.29 is 24.2 Å². The molecular formula is C18H26N2O5. The molecule has 2 heterocycles. The highest BCUT2D eigenvalue weighted by Crippen LogP contribution is 2.25. The van der Waals surface area contributed by atoms with E-state index in [0.717, 1.165) is 0 Å². The van der Waals surface area contributed by atoms with Crippen LogP contribution < -0.4 is 0 Å². The third-order valence-electron chi connectivity index (χ3n) is 4.56. The van der Waals surface area contributed by atoms with Crippen LogP contribution in [0.25, 0.3) is 0 Å². The summed E-state index contributed by atoms with van der Waals surface area (Å²) in [7, 11) is 0. The van der Waals surface area contributed by atoms with Gasteiger partial charge in [0.1, 0.15) is 5.69 Å². The Morgan fingerprint density at radius 2 is 1.84 bits per heavy atom. The van der Waals surface area contributed by atoms with E-state index in [-0.39, 0.29) is 24.3 Å². The molecule has 2 rings (SSSR count). The third-order valence-corrected chi connectivity index (χ3v) is 4.56. The molecule has 1 aliphatic rings. The Balaban J connectivity index is 2.11. The largest absolute Gasteiger partial charge is 0.481 e. The summed E-state index contributed by atoms with van der Waals surface area (Å²) in [4.78, 5) is 40.6. The fourth-order valence-electron chi connectivity index (χ4n) is 3.29. The number of piperidine rings is 1. The first-order chi connectivity index (χ1) is 11.7. The van der Waals surface area contributed by atoms with E-state index >= 15 is 0 Å². The summed E-state index contributed by atoms with van der Waals surface area (Å²) in [5, 5.41) is 8.87. The van der Waals surface area contributed by atoms with E-state index < -0.39 is 11.9 Å². The van der Waals surface area contributed by atoms with Crippen molar-refractivity contribution in [2.24, 2.45) is 5.92 Å². The topological polar surface area (TPSA) is 99.7 Å². The van der Waals surface area contributed by atoms with Crippen molar-refractivity contribution in [2.75, 3.05) is 13.1 Å². The number of esters is 1. The maximum absolute atomic E-state index is 12.8. The molecule has 2 N–H and O–H groups in total. The predicted octanol–water partition coefficient (Wildman–Crippen LogP) is 2.52. The Kier molecular flexibility index (Phi) is 5.87.